The molecule has 25 heavy (non-hydrogen) atoms. The first-order valence-electron chi connectivity index (χ1n) is 7.28. The Labute approximate surface area is 142 Å². The maximum atomic E-state index is 13.4. The molecule has 0 spiro atoms. The van der Waals surface area contributed by atoms with Crippen molar-refractivity contribution < 1.29 is 18.4 Å². The average molecular weight is 344 g/mol. The molecule has 128 valence electrons. The van der Waals surface area contributed by atoms with Crippen LogP contribution in [0.2, 0.25) is 0 Å². The molecule has 3 amide bonds. The lowest BCUT2D eigenvalue weighted by Crippen LogP contribution is -2.37. The zero-order chi connectivity index (χ0) is 18.2. The van der Waals surface area contributed by atoms with Crippen LogP contribution in [0.1, 0.15) is 15.9 Å². The molecule has 2 aromatic carbocycles. The van der Waals surface area contributed by atoms with E-state index >= 15 is 0 Å². The molecule has 3 N–H and O–H groups in total. The lowest BCUT2D eigenvalue weighted by molar-refractivity contribution is 0.0945. The Morgan fingerprint density at radius 3 is 2.32 bits per heavy atom. The van der Waals surface area contributed by atoms with Gasteiger partial charge in [0.1, 0.15) is 17.2 Å². The van der Waals surface area contributed by atoms with Crippen molar-refractivity contribution in [1.82, 2.24) is 10.6 Å². The Kier molecular flexibility index (Phi) is 6.01. The van der Waals surface area contributed by atoms with Gasteiger partial charge in [-0.3, -0.25) is 4.79 Å². The number of rotatable bonds is 5. The summed E-state index contributed by atoms with van der Waals surface area (Å²) in [5.74, 6) is -2.82. The minimum Gasteiger partial charge on any atom is -0.350 e. The van der Waals surface area contributed by atoms with Crippen LogP contribution in [0.3, 0.4) is 0 Å². The molecule has 0 aliphatic heterocycles. The van der Waals surface area contributed by atoms with Crippen LogP contribution in [0.25, 0.3) is 0 Å². The summed E-state index contributed by atoms with van der Waals surface area (Å²) in [6.45, 7) is 0.0316. The van der Waals surface area contributed by atoms with E-state index in [0.717, 1.165) is 18.2 Å². The number of carbonyl (C=O) groups is 2. The number of hydrogen-bond acceptors (Lipinski definition) is 3. The Bertz CT molecular complexity index is 813. The van der Waals surface area contributed by atoms with Crippen LogP contribution in [0, 0.1) is 23.0 Å². The van der Waals surface area contributed by atoms with Gasteiger partial charge in [0.05, 0.1) is 11.6 Å². The second-order valence-corrected chi connectivity index (χ2v) is 4.93. The predicted octanol–water partition coefficient (Wildman–Crippen LogP) is 2.39. The number of hydrogen-bond donors (Lipinski definition) is 3. The van der Waals surface area contributed by atoms with Crippen molar-refractivity contribution in [2.24, 2.45) is 0 Å². The van der Waals surface area contributed by atoms with Crippen LogP contribution >= 0.6 is 0 Å². The highest BCUT2D eigenvalue weighted by molar-refractivity contribution is 5.94. The molecule has 0 saturated heterocycles. The largest absolute Gasteiger partial charge is 0.350 e. The summed E-state index contributed by atoms with van der Waals surface area (Å²) >= 11 is 0. The normalized spacial score (nSPS) is 9.80. The van der Waals surface area contributed by atoms with E-state index in [1.165, 1.54) is 6.07 Å². The van der Waals surface area contributed by atoms with Crippen molar-refractivity contribution >= 4 is 17.6 Å². The van der Waals surface area contributed by atoms with Crippen molar-refractivity contribution in [3.8, 4) is 6.07 Å². The molecule has 8 heteroatoms. The molecule has 0 saturated carbocycles. The van der Waals surface area contributed by atoms with E-state index in [0.29, 0.717) is 11.3 Å². The molecule has 0 atom stereocenters. The molecule has 0 fully saturated rings. The van der Waals surface area contributed by atoms with Gasteiger partial charge < -0.3 is 16.0 Å². The molecule has 2 rings (SSSR count). The molecular formula is C17H14F2N4O2. The second kappa shape index (κ2) is 8.40. The van der Waals surface area contributed by atoms with E-state index in [1.807, 2.05) is 6.07 Å². The molecule has 0 aromatic heterocycles. The van der Waals surface area contributed by atoms with Gasteiger partial charge in [0.15, 0.2) is 0 Å². The zero-order valence-electron chi connectivity index (χ0n) is 13.0. The average Bonchev–Trinajstić information content (AvgIpc) is 2.58. The summed E-state index contributed by atoms with van der Waals surface area (Å²) in [6.07, 6.45) is 0. The Hall–Kier alpha value is -3.47. The van der Waals surface area contributed by atoms with Crippen LogP contribution in [-0.2, 0) is 0 Å². The summed E-state index contributed by atoms with van der Waals surface area (Å²) in [7, 11) is 0. The van der Waals surface area contributed by atoms with Crippen LogP contribution in [0.15, 0.2) is 42.5 Å². The topological polar surface area (TPSA) is 94.0 Å². The summed E-state index contributed by atoms with van der Waals surface area (Å²) < 4.78 is 26.9. The lowest BCUT2D eigenvalue weighted by Gasteiger charge is -2.09. The fourth-order valence-corrected chi connectivity index (χ4v) is 2.00. The number of amides is 3. The Morgan fingerprint density at radius 1 is 1.00 bits per heavy atom. The molecule has 0 bridgehead atoms. The zero-order valence-corrected chi connectivity index (χ0v) is 13.0. The lowest BCUT2D eigenvalue weighted by atomic mass is 10.2. The number of benzene rings is 2. The van der Waals surface area contributed by atoms with Gasteiger partial charge in [0, 0.05) is 18.8 Å². The van der Waals surface area contributed by atoms with E-state index < -0.39 is 29.1 Å². The van der Waals surface area contributed by atoms with E-state index in [2.05, 4.69) is 16.0 Å². The SMILES string of the molecule is N#Cc1cccc(NC(=O)NCCNC(=O)c2c(F)cccc2F)c1. The number of nitriles is 1. The number of nitrogens with zero attached hydrogens (tertiary/aromatic N) is 1. The molecule has 0 aliphatic carbocycles. The van der Waals surface area contributed by atoms with Crippen molar-refractivity contribution in [2.45, 2.75) is 0 Å². The smallest absolute Gasteiger partial charge is 0.319 e. The van der Waals surface area contributed by atoms with Crippen LogP contribution in [-0.4, -0.2) is 25.0 Å². The summed E-state index contributed by atoms with van der Waals surface area (Å²) in [4.78, 5) is 23.4. The Morgan fingerprint density at radius 2 is 1.64 bits per heavy atom. The molecule has 6 nitrogen and oxygen atoms in total. The molecule has 0 aliphatic rings. The van der Waals surface area contributed by atoms with Gasteiger partial charge in [-0.1, -0.05) is 12.1 Å². The van der Waals surface area contributed by atoms with Gasteiger partial charge >= 0.3 is 6.03 Å². The summed E-state index contributed by atoms with van der Waals surface area (Å²) in [5, 5.41) is 16.1. The fraction of sp³-hybridized carbons (Fsp3) is 0.118. The number of nitrogens with one attached hydrogen (secondary N) is 3. The van der Waals surface area contributed by atoms with Crippen molar-refractivity contribution in [1.29, 1.82) is 5.26 Å². The van der Waals surface area contributed by atoms with E-state index in [4.69, 9.17) is 5.26 Å². The summed E-state index contributed by atoms with van der Waals surface area (Å²) in [5.41, 5.74) is 0.172. The van der Waals surface area contributed by atoms with Crippen molar-refractivity contribution in [3.63, 3.8) is 0 Å². The Balaban J connectivity index is 1.78. The highest BCUT2D eigenvalue weighted by atomic mass is 19.1. The summed E-state index contributed by atoms with van der Waals surface area (Å²) in [6, 6.07) is 10.9. The van der Waals surface area contributed by atoms with Gasteiger partial charge in [-0.15, -0.1) is 0 Å². The van der Waals surface area contributed by atoms with Gasteiger partial charge in [0.2, 0.25) is 0 Å². The first-order valence-corrected chi connectivity index (χ1v) is 7.28. The van der Waals surface area contributed by atoms with Gasteiger partial charge in [0.25, 0.3) is 5.91 Å². The predicted molar refractivity (Wildman–Crippen MR) is 86.9 cm³/mol. The van der Waals surface area contributed by atoms with Crippen molar-refractivity contribution in [3.05, 3.63) is 65.2 Å². The third kappa shape index (κ3) is 5.00. The quantitative estimate of drug-likeness (QED) is 0.727. The van der Waals surface area contributed by atoms with Crippen LogP contribution in [0.4, 0.5) is 19.3 Å². The fourth-order valence-electron chi connectivity index (χ4n) is 2.00. The van der Waals surface area contributed by atoms with Crippen molar-refractivity contribution in [2.75, 3.05) is 18.4 Å². The van der Waals surface area contributed by atoms with E-state index in [-0.39, 0.29) is 13.1 Å². The minimum absolute atomic E-state index is 0.0156. The molecule has 0 radical (unpaired) electrons. The van der Waals surface area contributed by atoms with Crippen LogP contribution < -0.4 is 16.0 Å². The molecule has 0 unspecified atom stereocenters. The van der Waals surface area contributed by atoms with E-state index in [9.17, 15) is 18.4 Å². The number of urea groups is 1. The number of anilines is 1. The van der Waals surface area contributed by atoms with Gasteiger partial charge in [-0.2, -0.15) is 5.26 Å². The first kappa shape index (κ1) is 17.9. The molecular weight excluding hydrogens is 330 g/mol. The molecule has 0 heterocycles. The first-order chi connectivity index (χ1) is 12.0. The maximum Gasteiger partial charge on any atom is 0.319 e. The highest BCUT2D eigenvalue weighted by Gasteiger charge is 2.16. The van der Waals surface area contributed by atoms with Crippen LogP contribution in [0.5, 0.6) is 0 Å². The molecule has 2 aromatic rings. The standard InChI is InChI=1S/C17H14F2N4O2/c18-13-5-2-6-14(19)15(13)16(24)21-7-8-22-17(25)23-12-4-1-3-11(9-12)10-20/h1-6,9H,7-8H2,(H,21,24)(H2,22,23,25). The number of carbonyl (C=O) groups excluding carboxylic acids is 2. The second-order valence-electron chi connectivity index (χ2n) is 4.93. The third-order valence-corrected chi connectivity index (χ3v) is 3.14. The minimum atomic E-state index is -0.958. The maximum absolute atomic E-state index is 13.4. The number of halogens is 2. The monoisotopic (exact) mass is 344 g/mol. The van der Waals surface area contributed by atoms with Gasteiger partial charge in [-0.05, 0) is 30.3 Å². The van der Waals surface area contributed by atoms with E-state index in [1.54, 1.807) is 18.2 Å². The highest BCUT2D eigenvalue weighted by Crippen LogP contribution is 2.11. The third-order valence-electron chi connectivity index (χ3n) is 3.14. The van der Waals surface area contributed by atoms with Gasteiger partial charge in [-0.25, -0.2) is 13.6 Å².